The molecular weight excluding hydrogens is 218 g/mol. The van der Waals surface area contributed by atoms with Crippen LogP contribution < -0.4 is 10.5 Å². The summed E-state index contributed by atoms with van der Waals surface area (Å²) in [6, 6.07) is 6.51. The van der Waals surface area contributed by atoms with Gasteiger partial charge in [-0.3, -0.25) is 0 Å². The van der Waals surface area contributed by atoms with Gasteiger partial charge in [0.05, 0.1) is 6.61 Å². The van der Waals surface area contributed by atoms with Crippen molar-refractivity contribution in [2.75, 3.05) is 24.7 Å². The van der Waals surface area contributed by atoms with Crippen LogP contribution in [0.25, 0.3) is 0 Å². The molecule has 0 atom stereocenters. The fourth-order valence-corrected chi connectivity index (χ4v) is 2.61. The second-order valence-electron chi connectivity index (χ2n) is 4.03. The minimum atomic E-state index is 0.753. The van der Waals surface area contributed by atoms with E-state index in [9.17, 15) is 0 Å². The SMILES string of the molecule is NCCSCCOc1ccc2c(c1)CCC2. The number of ether oxygens (including phenoxy) is 1. The maximum Gasteiger partial charge on any atom is 0.119 e. The molecule has 0 aliphatic heterocycles. The van der Waals surface area contributed by atoms with Crippen LogP contribution in [0.2, 0.25) is 0 Å². The van der Waals surface area contributed by atoms with Gasteiger partial charge in [-0.1, -0.05) is 6.07 Å². The second kappa shape index (κ2) is 6.16. The fraction of sp³-hybridized carbons (Fsp3) is 0.538. The van der Waals surface area contributed by atoms with E-state index < -0.39 is 0 Å². The van der Waals surface area contributed by atoms with Crippen LogP contribution in [0.1, 0.15) is 17.5 Å². The topological polar surface area (TPSA) is 35.2 Å². The Morgan fingerprint density at radius 1 is 1.19 bits per heavy atom. The number of rotatable bonds is 6. The lowest BCUT2D eigenvalue weighted by Crippen LogP contribution is -2.05. The molecule has 0 aromatic heterocycles. The zero-order valence-corrected chi connectivity index (χ0v) is 10.4. The van der Waals surface area contributed by atoms with Crippen LogP contribution >= 0.6 is 11.8 Å². The van der Waals surface area contributed by atoms with E-state index in [0.29, 0.717) is 0 Å². The number of nitrogens with two attached hydrogens (primary N) is 1. The molecule has 0 amide bonds. The summed E-state index contributed by atoms with van der Waals surface area (Å²) in [4.78, 5) is 0. The van der Waals surface area contributed by atoms with Gasteiger partial charge in [0.2, 0.25) is 0 Å². The maximum atomic E-state index is 5.72. The molecule has 0 radical (unpaired) electrons. The van der Waals surface area contributed by atoms with Crippen LogP contribution in [0.5, 0.6) is 5.75 Å². The van der Waals surface area contributed by atoms with Crippen molar-refractivity contribution in [2.24, 2.45) is 5.73 Å². The number of hydrogen-bond acceptors (Lipinski definition) is 3. The monoisotopic (exact) mass is 237 g/mol. The molecule has 1 aromatic carbocycles. The van der Waals surface area contributed by atoms with Crippen LogP contribution in [-0.4, -0.2) is 24.7 Å². The lowest BCUT2D eigenvalue weighted by Gasteiger charge is -2.07. The van der Waals surface area contributed by atoms with Crippen molar-refractivity contribution < 1.29 is 4.74 Å². The third-order valence-corrected chi connectivity index (χ3v) is 3.81. The van der Waals surface area contributed by atoms with Crippen LogP contribution in [0, 0.1) is 0 Å². The van der Waals surface area contributed by atoms with Gasteiger partial charge >= 0.3 is 0 Å². The van der Waals surface area contributed by atoms with E-state index >= 15 is 0 Å². The summed E-state index contributed by atoms with van der Waals surface area (Å²) in [6.07, 6.45) is 3.75. The first-order valence-electron chi connectivity index (χ1n) is 5.92. The lowest BCUT2D eigenvalue weighted by atomic mass is 10.1. The van der Waals surface area contributed by atoms with E-state index in [2.05, 4.69) is 18.2 Å². The third kappa shape index (κ3) is 3.16. The molecule has 0 saturated carbocycles. The quantitative estimate of drug-likeness (QED) is 0.771. The third-order valence-electron chi connectivity index (χ3n) is 2.83. The minimum absolute atomic E-state index is 0.753. The zero-order chi connectivity index (χ0) is 11.2. The molecule has 16 heavy (non-hydrogen) atoms. The molecule has 1 aromatic rings. The van der Waals surface area contributed by atoms with Gasteiger partial charge in [-0.05, 0) is 42.5 Å². The number of benzene rings is 1. The van der Waals surface area contributed by atoms with E-state index in [-0.39, 0.29) is 0 Å². The molecule has 0 unspecified atom stereocenters. The highest BCUT2D eigenvalue weighted by Crippen LogP contribution is 2.25. The Balaban J connectivity index is 1.77. The van der Waals surface area contributed by atoms with E-state index in [1.165, 1.54) is 30.4 Å². The molecular formula is C13H19NOS. The van der Waals surface area contributed by atoms with Crippen molar-refractivity contribution >= 4 is 11.8 Å². The van der Waals surface area contributed by atoms with Gasteiger partial charge in [0.25, 0.3) is 0 Å². The van der Waals surface area contributed by atoms with Crippen LogP contribution in [-0.2, 0) is 12.8 Å². The highest BCUT2D eigenvalue weighted by molar-refractivity contribution is 7.99. The van der Waals surface area contributed by atoms with Crippen molar-refractivity contribution in [3.8, 4) is 5.75 Å². The van der Waals surface area contributed by atoms with Crippen LogP contribution in [0.3, 0.4) is 0 Å². The Morgan fingerprint density at radius 3 is 2.94 bits per heavy atom. The zero-order valence-electron chi connectivity index (χ0n) is 9.58. The predicted octanol–water partition coefficient (Wildman–Crippen LogP) is 2.25. The first-order chi connectivity index (χ1) is 7.90. The Bertz CT molecular complexity index is 341. The molecule has 1 aliphatic rings. The van der Waals surface area contributed by atoms with Crippen molar-refractivity contribution in [1.29, 1.82) is 0 Å². The van der Waals surface area contributed by atoms with E-state index in [1.807, 2.05) is 11.8 Å². The minimum Gasteiger partial charge on any atom is -0.493 e. The predicted molar refractivity (Wildman–Crippen MR) is 70.3 cm³/mol. The molecule has 0 spiro atoms. The number of fused-ring (bicyclic) bond motifs is 1. The van der Waals surface area contributed by atoms with Gasteiger partial charge in [0.1, 0.15) is 5.75 Å². The molecule has 3 heteroatoms. The standard InChI is InChI=1S/C13H19NOS/c14-6-8-16-9-7-15-13-5-4-11-2-1-3-12(11)10-13/h4-5,10H,1-3,6-9,14H2. The van der Waals surface area contributed by atoms with Crippen molar-refractivity contribution in [1.82, 2.24) is 0 Å². The van der Waals surface area contributed by atoms with Crippen LogP contribution in [0.4, 0.5) is 0 Å². The van der Waals surface area contributed by atoms with Gasteiger partial charge in [0, 0.05) is 18.1 Å². The first kappa shape index (κ1) is 11.8. The van der Waals surface area contributed by atoms with Crippen LogP contribution in [0.15, 0.2) is 18.2 Å². The largest absolute Gasteiger partial charge is 0.493 e. The van der Waals surface area contributed by atoms with Gasteiger partial charge in [-0.2, -0.15) is 11.8 Å². The van der Waals surface area contributed by atoms with Crippen molar-refractivity contribution in [3.05, 3.63) is 29.3 Å². The van der Waals surface area contributed by atoms with Crippen molar-refractivity contribution in [3.63, 3.8) is 0 Å². The van der Waals surface area contributed by atoms with Gasteiger partial charge in [0.15, 0.2) is 0 Å². The van der Waals surface area contributed by atoms with Crippen molar-refractivity contribution in [2.45, 2.75) is 19.3 Å². The molecule has 2 N–H and O–H groups in total. The molecule has 0 saturated heterocycles. The molecule has 0 bridgehead atoms. The molecule has 2 rings (SSSR count). The summed E-state index contributed by atoms with van der Waals surface area (Å²) < 4.78 is 5.72. The van der Waals surface area contributed by atoms with Gasteiger partial charge < -0.3 is 10.5 Å². The number of aryl methyl sites for hydroxylation is 2. The fourth-order valence-electron chi connectivity index (χ4n) is 2.04. The smallest absolute Gasteiger partial charge is 0.119 e. The van der Waals surface area contributed by atoms with E-state index in [4.69, 9.17) is 10.5 Å². The molecule has 0 heterocycles. The average molecular weight is 237 g/mol. The Labute approximate surface area is 102 Å². The normalized spacial score (nSPS) is 13.8. The van der Waals surface area contributed by atoms with Gasteiger partial charge in [-0.25, -0.2) is 0 Å². The molecule has 2 nitrogen and oxygen atoms in total. The molecule has 88 valence electrons. The van der Waals surface area contributed by atoms with Gasteiger partial charge in [-0.15, -0.1) is 0 Å². The Kier molecular flexibility index (Phi) is 4.55. The second-order valence-corrected chi connectivity index (χ2v) is 5.26. The summed E-state index contributed by atoms with van der Waals surface area (Å²) in [5.41, 5.74) is 8.40. The number of thioether (sulfide) groups is 1. The molecule has 1 aliphatic carbocycles. The summed E-state index contributed by atoms with van der Waals surface area (Å²) in [7, 11) is 0. The summed E-state index contributed by atoms with van der Waals surface area (Å²) in [5, 5.41) is 0. The van der Waals surface area contributed by atoms with E-state index in [0.717, 1.165) is 30.4 Å². The summed E-state index contributed by atoms with van der Waals surface area (Å²) in [5.74, 6) is 3.07. The highest BCUT2D eigenvalue weighted by atomic mass is 32.2. The Morgan fingerprint density at radius 2 is 2.06 bits per heavy atom. The summed E-state index contributed by atoms with van der Waals surface area (Å²) in [6.45, 7) is 1.53. The Hall–Kier alpha value is -0.670. The molecule has 0 fully saturated rings. The first-order valence-corrected chi connectivity index (χ1v) is 7.08. The van der Waals surface area contributed by atoms with E-state index in [1.54, 1.807) is 0 Å². The maximum absolute atomic E-state index is 5.72. The average Bonchev–Trinajstić information content (AvgIpc) is 2.76. The summed E-state index contributed by atoms with van der Waals surface area (Å²) >= 11 is 1.85. The lowest BCUT2D eigenvalue weighted by molar-refractivity contribution is 0.343. The highest BCUT2D eigenvalue weighted by Gasteiger charge is 2.10. The number of hydrogen-bond donors (Lipinski definition) is 1.